The topological polar surface area (TPSA) is 33.1 Å². The lowest BCUT2D eigenvalue weighted by Crippen LogP contribution is -2.08. The molecule has 19 heavy (non-hydrogen) atoms. The third-order valence-corrected chi connectivity index (χ3v) is 2.56. The number of aliphatic hydroxyl groups excluding tert-OH is 1. The molecule has 0 saturated heterocycles. The summed E-state index contributed by atoms with van der Waals surface area (Å²) in [6.07, 6.45) is -4.92. The Kier molecular flexibility index (Phi) is 3.53. The van der Waals surface area contributed by atoms with Gasteiger partial charge in [-0.25, -0.2) is 4.39 Å². The molecule has 1 heterocycles. The summed E-state index contributed by atoms with van der Waals surface area (Å²) in [6, 6.07) is 6.61. The standard InChI is InChI=1S/C13H9F4NO/c14-10-4-5-11(18-7-10)12(19)8-2-1-3-9(6-8)13(15,16)17/h1-7,12,19H. The van der Waals surface area contributed by atoms with Crippen molar-refractivity contribution < 1.29 is 22.7 Å². The van der Waals surface area contributed by atoms with Crippen molar-refractivity contribution in [2.75, 3.05) is 0 Å². The van der Waals surface area contributed by atoms with Crippen LogP contribution in [0.1, 0.15) is 22.9 Å². The normalized spacial score (nSPS) is 13.3. The van der Waals surface area contributed by atoms with Crippen LogP contribution < -0.4 is 0 Å². The number of hydrogen-bond donors (Lipinski definition) is 1. The van der Waals surface area contributed by atoms with Crippen molar-refractivity contribution in [1.82, 2.24) is 4.98 Å². The van der Waals surface area contributed by atoms with E-state index in [9.17, 15) is 22.7 Å². The smallest absolute Gasteiger partial charge is 0.382 e. The van der Waals surface area contributed by atoms with Gasteiger partial charge in [0.2, 0.25) is 0 Å². The third-order valence-electron chi connectivity index (χ3n) is 2.56. The van der Waals surface area contributed by atoms with E-state index in [0.717, 1.165) is 24.4 Å². The first kappa shape index (κ1) is 13.5. The number of pyridine rings is 1. The van der Waals surface area contributed by atoms with Crippen molar-refractivity contribution in [3.05, 3.63) is 65.2 Å². The van der Waals surface area contributed by atoms with Crippen molar-refractivity contribution in [3.8, 4) is 0 Å². The summed E-state index contributed by atoms with van der Waals surface area (Å²) in [4.78, 5) is 3.64. The molecule has 2 aromatic rings. The number of benzene rings is 1. The Morgan fingerprint density at radius 3 is 2.42 bits per heavy atom. The number of hydrogen-bond acceptors (Lipinski definition) is 2. The molecule has 0 amide bonds. The van der Waals surface area contributed by atoms with E-state index in [1.165, 1.54) is 18.2 Å². The summed E-state index contributed by atoms with van der Waals surface area (Å²) >= 11 is 0. The van der Waals surface area contributed by atoms with Crippen molar-refractivity contribution in [2.24, 2.45) is 0 Å². The molecule has 0 aliphatic heterocycles. The minimum Gasteiger partial charge on any atom is -0.382 e. The summed E-state index contributed by atoms with van der Waals surface area (Å²) in [6.45, 7) is 0. The molecule has 1 atom stereocenters. The highest BCUT2D eigenvalue weighted by atomic mass is 19.4. The van der Waals surface area contributed by atoms with Gasteiger partial charge in [0.15, 0.2) is 0 Å². The second-order valence-corrected chi connectivity index (χ2v) is 3.93. The average molecular weight is 271 g/mol. The van der Waals surface area contributed by atoms with Gasteiger partial charge in [-0.1, -0.05) is 12.1 Å². The Labute approximate surface area is 106 Å². The highest BCUT2D eigenvalue weighted by molar-refractivity contribution is 5.31. The molecular formula is C13H9F4NO. The van der Waals surface area contributed by atoms with Crippen molar-refractivity contribution in [1.29, 1.82) is 0 Å². The summed E-state index contributed by atoms with van der Waals surface area (Å²) in [5.41, 5.74) is -0.721. The van der Waals surface area contributed by atoms with Crippen molar-refractivity contribution in [2.45, 2.75) is 12.3 Å². The fourth-order valence-corrected chi connectivity index (χ4v) is 1.60. The molecule has 1 aromatic carbocycles. The first-order chi connectivity index (χ1) is 8.88. The summed E-state index contributed by atoms with van der Waals surface area (Å²) in [5.74, 6) is -0.583. The molecule has 1 aromatic heterocycles. The fourth-order valence-electron chi connectivity index (χ4n) is 1.60. The Bertz CT molecular complexity index is 566. The molecule has 2 rings (SSSR count). The molecule has 1 unspecified atom stereocenters. The monoisotopic (exact) mass is 271 g/mol. The summed E-state index contributed by atoms with van der Waals surface area (Å²) < 4.78 is 50.3. The van der Waals surface area contributed by atoms with Crippen LogP contribution in [0.2, 0.25) is 0 Å². The third kappa shape index (κ3) is 3.08. The minimum absolute atomic E-state index is 0.0499. The predicted molar refractivity (Wildman–Crippen MR) is 59.7 cm³/mol. The van der Waals surface area contributed by atoms with Gasteiger partial charge in [0.05, 0.1) is 17.5 Å². The maximum atomic E-state index is 12.7. The first-order valence-electron chi connectivity index (χ1n) is 5.34. The van der Waals surface area contributed by atoms with Gasteiger partial charge < -0.3 is 5.11 Å². The van der Waals surface area contributed by atoms with E-state index < -0.39 is 23.7 Å². The molecule has 0 bridgehead atoms. The van der Waals surface area contributed by atoms with Gasteiger partial charge >= 0.3 is 6.18 Å². The number of aromatic nitrogens is 1. The number of nitrogens with zero attached hydrogens (tertiary/aromatic N) is 1. The quantitative estimate of drug-likeness (QED) is 0.850. The second kappa shape index (κ2) is 4.97. The Morgan fingerprint density at radius 1 is 1.11 bits per heavy atom. The van der Waals surface area contributed by atoms with E-state index in [4.69, 9.17) is 0 Å². The maximum absolute atomic E-state index is 12.7. The Balaban J connectivity index is 2.34. The summed E-state index contributed by atoms with van der Waals surface area (Å²) in [7, 11) is 0. The van der Waals surface area contributed by atoms with Gasteiger partial charge in [-0.3, -0.25) is 4.98 Å². The molecule has 2 nitrogen and oxygen atoms in total. The van der Waals surface area contributed by atoms with Crippen molar-refractivity contribution >= 4 is 0 Å². The van der Waals surface area contributed by atoms with Crippen molar-refractivity contribution in [3.63, 3.8) is 0 Å². The second-order valence-electron chi connectivity index (χ2n) is 3.93. The van der Waals surface area contributed by atoms with Gasteiger partial charge in [0, 0.05) is 0 Å². The van der Waals surface area contributed by atoms with Crippen LogP contribution in [0.25, 0.3) is 0 Å². The zero-order valence-corrected chi connectivity index (χ0v) is 9.53. The van der Waals surface area contributed by atoms with Crippen LogP contribution in [0, 0.1) is 5.82 Å². The van der Waals surface area contributed by atoms with Gasteiger partial charge in [0.1, 0.15) is 11.9 Å². The first-order valence-corrected chi connectivity index (χ1v) is 5.34. The molecule has 0 aliphatic rings. The number of alkyl halides is 3. The number of rotatable bonds is 2. The van der Waals surface area contributed by atoms with Crippen LogP contribution in [-0.4, -0.2) is 10.1 Å². The molecule has 1 N–H and O–H groups in total. The summed E-state index contributed by atoms with van der Waals surface area (Å²) in [5, 5.41) is 9.92. The van der Waals surface area contributed by atoms with E-state index >= 15 is 0 Å². The molecular weight excluding hydrogens is 262 g/mol. The van der Waals surface area contributed by atoms with Crippen LogP contribution in [0.3, 0.4) is 0 Å². The van der Waals surface area contributed by atoms with E-state index in [1.807, 2.05) is 0 Å². The van der Waals surface area contributed by atoms with Gasteiger partial charge in [0.25, 0.3) is 0 Å². The van der Waals surface area contributed by atoms with Gasteiger partial charge in [-0.2, -0.15) is 13.2 Å². The zero-order valence-electron chi connectivity index (χ0n) is 9.53. The number of aliphatic hydroxyl groups is 1. The minimum atomic E-state index is -4.48. The van der Waals surface area contributed by atoms with Crippen LogP contribution >= 0.6 is 0 Å². The van der Waals surface area contributed by atoms with E-state index in [-0.39, 0.29) is 11.3 Å². The van der Waals surface area contributed by atoms with Gasteiger partial charge in [-0.05, 0) is 29.8 Å². The SMILES string of the molecule is OC(c1cccc(C(F)(F)F)c1)c1ccc(F)cn1. The molecule has 100 valence electrons. The molecule has 0 saturated carbocycles. The van der Waals surface area contributed by atoms with Crippen LogP contribution in [-0.2, 0) is 6.18 Å². The molecule has 0 fully saturated rings. The fraction of sp³-hybridized carbons (Fsp3) is 0.154. The lowest BCUT2D eigenvalue weighted by atomic mass is 10.0. The van der Waals surface area contributed by atoms with E-state index in [2.05, 4.69) is 4.98 Å². The van der Waals surface area contributed by atoms with E-state index in [0.29, 0.717) is 0 Å². The molecule has 0 radical (unpaired) electrons. The highest BCUT2D eigenvalue weighted by Gasteiger charge is 2.31. The van der Waals surface area contributed by atoms with Crippen LogP contribution in [0.15, 0.2) is 42.6 Å². The van der Waals surface area contributed by atoms with Crippen LogP contribution in [0.5, 0.6) is 0 Å². The van der Waals surface area contributed by atoms with E-state index in [1.54, 1.807) is 0 Å². The highest BCUT2D eigenvalue weighted by Crippen LogP contribution is 2.31. The molecule has 0 spiro atoms. The molecule has 0 aliphatic carbocycles. The lowest BCUT2D eigenvalue weighted by Gasteiger charge is -2.13. The molecule has 6 heteroatoms. The average Bonchev–Trinajstić information content (AvgIpc) is 2.38. The number of halogens is 4. The lowest BCUT2D eigenvalue weighted by molar-refractivity contribution is -0.137. The maximum Gasteiger partial charge on any atom is 0.416 e. The Hall–Kier alpha value is -1.95. The predicted octanol–water partition coefficient (Wildman–Crippen LogP) is 3.32. The Morgan fingerprint density at radius 2 is 1.84 bits per heavy atom. The zero-order chi connectivity index (χ0) is 14.0. The van der Waals surface area contributed by atoms with Crippen LogP contribution in [0.4, 0.5) is 17.6 Å². The van der Waals surface area contributed by atoms with Gasteiger partial charge in [-0.15, -0.1) is 0 Å². The largest absolute Gasteiger partial charge is 0.416 e.